The van der Waals surface area contributed by atoms with E-state index in [4.69, 9.17) is 4.98 Å². The number of aromatic amines is 1. The molecule has 0 amide bonds. The van der Waals surface area contributed by atoms with Gasteiger partial charge in [-0.1, -0.05) is 26.0 Å². The molecular formula is C22H27N5O. The van der Waals surface area contributed by atoms with Gasteiger partial charge in [0.15, 0.2) is 5.65 Å². The molecule has 0 atom stereocenters. The number of benzene rings is 1. The van der Waals surface area contributed by atoms with Crippen molar-refractivity contribution in [3.8, 4) is 11.3 Å². The number of aromatic nitrogens is 3. The van der Waals surface area contributed by atoms with E-state index in [1.165, 1.54) is 5.69 Å². The van der Waals surface area contributed by atoms with Crippen molar-refractivity contribution in [2.75, 3.05) is 32.1 Å². The van der Waals surface area contributed by atoms with Crippen LogP contribution in [0, 0.1) is 5.41 Å². The summed E-state index contributed by atoms with van der Waals surface area (Å²) in [5.74, 6) is 0. The van der Waals surface area contributed by atoms with Gasteiger partial charge in [-0.3, -0.25) is 0 Å². The maximum absolute atomic E-state index is 11.3. The fourth-order valence-corrected chi connectivity index (χ4v) is 3.60. The van der Waals surface area contributed by atoms with Crippen LogP contribution >= 0.6 is 0 Å². The number of likely N-dealkylation sites (N-methyl/N-ethyl adjacent to an activating group) is 1. The van der Waals surface area contributed by atoms with E-state index in [2.05, 4.69) is 58.1 Å². The first-order valence-corrected chi connectivity index (χ1v) is 9.67. The Balaban J connectivity index is 1.63. The smallest absolute Gasteiger partial charge is 0.156 e. The fraction of sp³-hybridized carbons (Fsp3) is 0.409. The second-order valence-electron chi connectivity index (χ2n) is 8.62. The van der Waals surface area contributed by atoms with Crippen molar-refractivity contribution in [2.45, 2.75) is 26.3 Å². The van der Waals surface area contributed by atoms with Crippen LogP contribution < -0.4 is 4.90 Å². The van der Waals surface area contributed by atoms with E-state index in [-0.39, 0.29) is 0 Å². The molecule has 0 radical (unpaired) electrons. The number of carbonyl (C=O) groups is 1. The number of anilines is 1. The number of rotatable bonds is 6. The van der Waals surface area contributed by atoms with Gasteiger partial charge in [0.05, 0.1) is 11.9 Å². The first-order chi connectivity index (χ1) is 13.4. The number of H-pyrrole nitrogens is 1. The van der Waals surface area contributed by atoms with E-state index in [9.17, 15) is 4.79 Å². The molecule has 3 aromatic rings. The van der Waals surface area contributed by atoms with Crippen molar-refractivity contribution in [3.05, 3.63) is 42.2 Å². The maximum atomic E-state index is 11.3. The molecule has 28 heavy (non-hydrogen) atoms. The highest BCUT2D eigenvalue weighted by molar-refractivity contribution is 5.79. The van der Waals surface area contributed by atoms with Crippen molar-refractivity contribution < 1.29 is 4.79 Å². The van der Waals surface area contributed by atoms with Gasteiger partial charge in [-0.2, -0.15) is 0 Å². The summed E-state index contributed by atoms with van der Waals surface area (Å²) in [5.41, 5.74) is 5.32. The minimum atomic E-state index is -0.423. The largest absolute Gasteiger partial charge is 0.368 e. The van der Waals surface area contributed by atoms with E-state index in [1.54, 1.807) is 0 Å². The lowest BCUT2D eigenvalue weighted by atomic mass is 9.88. The molecule has 1 aromatic carbocycles. The molecule has 0 bridgehead atoms. The Morgan fingerprint density at radius 1 is 1.32 bits per heavy atom. The highest BCUT2D eigenvalue weighted by atomic mass is 16.1. The van der Waals surface area contributed by atoms with Gasteiger partial charge in [0, 0.05) is 42.0 Å². The Morgan fingerprint density at radius 3 is 2.82 bits per heavy atom. The van der Waals surface area contributed by atoms with Crippen molar-refractivity contribution in [1.29, 1.82) is 0 Å². The zero-order valence-corrected chi connectivity index (χ0v) is 16.9. The average molecular weight is 377 g/mol. The summed E-state index contributed by atoms with van der Waals surface area (Å²) < 4.78 is 0. The van der Waals surface area contributed by atoms with Crippen LogP contribution in [0.1, 0.15) is 19.4 Å². The highest BCUT2D eigenvalue weighted by Gasteiger charge is 2.28. The van der Waals surface area contributed by atoms with Gasteiger partial charge in [-0.25, -0.2) is 9.97 Å². The molecular weight excluding hydrogens is 350 g/mol. The molecule has 6 nitrogen and oxygen atoms in total. The Morgan fingerprint density at radius 2 is 2.11 bits per heavy atom. The summed E-state index contributed by atoms with van der Waals surface area (Å²) in [5, 5.41) is 0. The van der Waals surface area contributed by atoms with Crippen molar-refractivity contribution >= 4 is 23.1 Å². The lowest BCUT2D eigenvalue weighted by Gasteiger charge is -2.44. The first kappa shape index (κ1) is 18.6. The third-order valence-electron chi connectivity index (χ3n) is 5.52. The van der Waals surface area contributed by atoms with E-state index < -0.39 is 5.41 Å². The fourth-order valence-electron chi connectivity index (χ4n) is 3.60. The lowest BCUT2D eigenvalue weighted by Crippen LogP contribution is -2.57. The Labute approximate surface area is 165 Å². The van der Waals surface area contributed by atoms with E-state index in [1.807, 2.05) is 26.2 Å². The topological polar surface area (TPSA) is 65.1 Å². The van der Waals surface area contributed by atoms with E-state index in [0.717, 1.165) is 47.4 Å². The molecule has 6 heteroatoms. The van der Waals surface area contributed by atoms with Gasteiger partial charge in [-0.05, 0) is 38.2 Å². The number of aldehydes is 1. The van der Waals surface area contributed by atoms with Crippen molar-refractivity contribution in [3.63, 3.8) is 0 Å². The molecule has 0 saturated carbocycles. The zero-order chi connectivity index (χ0) is 19.9. The highest BCUT2D eigenvalue weighted by Crippen LogP contribution is 2.29. The average Bonchev–Trinajstić information content (AvgIpc) is 3.02. The van der Waals surface area contributed by atoms with Crippen LogP contribution in [0.5, 0.6) is 0 Å². The van der Waals surface area contributed by atoms with Crippen LogP contribution in [-0.4, -0.2) is 59.4 Å². The van der Waals surface area contributed by atoms with Crippen LogP contribution in [0.3, 0.4) is 0 Å². The monoisotopic (exact) mass is 377 g/mol. The zero-order valence-electron chi connectivity index (χ0n) is 16.9. The van der Waals surface area contributed by atoms with E-state index >= 15 is 0 Å². The van der Waals surface area contributed by atoms with Crippen molar-refractivity contribution in [1.82, 2.24) is 19.9 Å². The minimum absolute atomic E-state index is 0.423. The van der Waals surface area contributed by atoms with Gasteiger partial charge in [0.25, 0.3) is 0 Å². The molecule has 1 aliphatic heterocycles. The van der Waals surface area contributed by atoms with Crippen LogP contribution in [0.4, 0.5) is 5.69 Å². The van der Waals surface area contributed by atoms with Crippen LogP contribution in [0.2, 0.25) is 0 Å². The van der Waals surface area contributed by atoms with Gasteiger partial charge in [-0.15, -0.1) is 0 Å². The second-order valence-corrected chi connectivity index (χ2v) is 8.62. The molecule has 1 aliphatic rings. The molecule has 4 rings (SSSR count). The number of nitrogens with one attached hydrogen (secondary N) is 1. The van der Waals surface area contributed by atoms with Gasteiger partial charge in [0.2, 0.25) is 0 Å². The summed E-state index contributed by atoms with van der Waals surface area (Å²) in [6.07, 6.45) is 5.36. The normalized spacial score (nSPS) is 15.2. The molecule has 3 heterocycles. The molecule has 1 fully saturated rings. The third-order valence-corrected chi connectivity index (χ3v) is 5.52. The number of carbonyl (C=O) groups excluding carboxylic acids is 1. The summed E-state index contributed by atoms with van der Waals surface area (Å²) in [6.45, 7) is 5.97. The SMILES string of the molecule is CN(C)C1CN(c2cccc(-c3cnc4[nH]cc(CC(C)(C)C=O)c4n3)c2)C1. The predicted octanol–water partition coefficient (Wildman–Crippen LogP) is 3.14. The Kier molecular flexibility index (Phi) is 4.67. The maximum Gasteiger partial charge on any atom is 0.156 e. The van der Waals surface area contributed by atoms with E-state index in [0.29, 0.717) is 12.5 Å². The molecule has 0 aliphatic carbocycles. The Bertz CT molecular complexity index is 1000. The van der Waals surface area contributed by atoms with Gasteiger partial charge >= 0.3 is 0 Å². The van der Waals surface area contributed by atoms with Crippen LogP contribution in [0.15, 0.2) is 36.7 Å². The summed E-state index contributed by atoms with van der Waals surface area (Å²) in [6, 6.07) is 9.10. The number of fused-ring (bicyclic) bond motifs is 1. The quantitative estimate of drug-likeness (QED) is 0.669. The van der Waals surface area contributed by atoms with Crippen molar-refractivity contribution in [2.24, 2.45) is 5.41 Å². The molecule has 0 unspecified atom stereocenters. The standard InChI is InChI=1S/C22H27N5O/c1-22(2,14-28)9-16-10-23-21-20(16)25-19(11-24-21)15-6-5-7-17(8-15)27-12-18(13-27)26(3)4/h5-8,10-11,14,18H,9,12-13H2,1-4H3,(H,23,24). The van der Waals surface area contributed by atoms with Crippen LogP contribution in [0.25, 0.3) is 22.4 Å². The first-order valence-electron chi connectivity index (χ1n) is 9.67. The molecule has 146 valence electrons. The summed E-state index contributed by atoms with van der Waals surface area (Å²) >= 11 is 0. The molecule has 1 saturated heterocycles. The minimum Gasteiger partial charge on any atom is -0.368 e. The molecule has 1 N–H and O–H groups in total. The number of hydrogen-bond donors (Lipinski definition) is 1. The second kappa shape index (κ2) is 7.02. The lowest BCUT2D eigenvalue weighted by molar-refractivity contribution is -0.114. The third kappa shape index (κ3) is 3.52. The summed E-state index contributed by atoms with van der Waals surface area (Å²) in [7, 11) is 4.26. The predicted molar refractivity (Wildman–Crippen MR) is 113 cm³/mol. The number of hydrogen-bond acceptors (Lipinski definition) is 5. The van der Waals surface area contributed by atoms with Crippen LogP contribution in [-0.2, 0) is 11.2 Å². The molecule has 0 spiro atoms. The number of nitrogens with zero attached hydrogens (tertiary/aromatic N) is 4. The summed E-state index contributed by atoms with van der Waals surface area (Å²) in [4.78, 5) is 28.6. The molecule has 2 aromatic heterocycles. The Hall–Kier alpha value is -2.73. The van der Waals surface area contributed by atoms with Gasteiger partial charge < -0.3 is 19.6 Å². The van der Waals surface area contributed by atoms with Gasteiger partial charge in [0.1, 0.15) is 11.8 Å².